The largest absolute Gasteiger partial charge is 0.447 e. The molecule has 2 aromatic rings. The van der Waals surface area contributed by atoms with Crippen molar-refractivity contribution in [3.05, 3.63) is 48.5 Å². The predicted octanol–water partition coefficient (Wildman–Crippen LogP) is 1.85. The van der Waals surface area contributed by atoms with Gasteiger partial charge in [-0.3, -0.25) is 9.62 Å². The SMILES string of the molecule is CS(=O)(=O)c1ccccc1S(=O)(=O)Nc1cccc(N2CCOC2=O)c1. The number of carbonyl (C=O) groups excluding carboxylic acids is 1. The average Bonchev–Trinajstić information content (AvgIpc) is 3.00. The van der Waals surface area contributed by atoms with Crippen molar-refractivity contribution in [2.75, 3.05) is 29.0 Å². The molecule has 1 N–H and O–H groups in total. The maximum absolute atomic E-state index is 12.7. The van der Waals surface area contributed by atoms with Gasteiger partial charge in [-0.15, -0.1) is 0 Å². The lowest BCUT2D eigenvalue weighted by molar-refractivity contribution is 0.181. The minimum Gasteiger partial charge on any atom is -0.447 e. The molecule has 0 radical (unpaired) electrons. The van der Waals surface area contributed by atoms with Crippen LogP contribution in [0.3, 0.4) is 0 Å². The summed E-state index contributed by atoms with van der Waals surface area (Å²) < 4.78 is 56.3. The second-order valence-corrected chi connectivity index (χ2v) is 9.28. The van der Waals surface area contributed by atoms with Crippen molar-refractivity contribution in [1.29, 1.82) is 0 Å². The Labute approximate surface area is 151 Å². The van der Waals surface area contributed by atoms with Crippen molar-refractivity contribution in [2.24, 2.45) is 0 Å². The lowest BCUT2D eigenvalue weighted by atomic mass is 10.2. The van der Waals surface area contributed by atoms with Gasteiger partial charge >= 0.3 is 6.09 Å². The summed E-state index contributed by atoms with van der Waals surface area (Å²) in [6.07, 6.45) is 0.438. The van der Waals surface area contributed by atoms with Gasteiger partial charge in [-0.2, -0.15) is 0 Å². The van der Waals surface area contributed by atoms with E-state index in [0.29, 0.717) is 12.2 Å². The highest BCUT2D eigenvalue weighted by Gasteiger charge is 2.26. The van der Waals surface area contributed by atoms with Gasteiger partial charge in [-0.05, 0) is 30.3 Å². The van der Waals surface area contributed by atoms with Crippen LogP contribution in [-0.4, -0.2) is 42.3 Å². The van der Waals surface area contributed by atoms with E-state index in [-0.39, 0.29) is 22.1 Å². The number of hydrogen-bond donors (Lipinski definition) is 1. The Balaban J connectivity index is 1.96. The van der Waals surface area contributed by atoms with Crippen molar-refractivity contribution >= 4 is 37.3 Å². The van der Waals surface area contributed by atoms with Gasteiger partial charge in [-0.1, -0.05) is 18.2 Å². The maximum Gasteiger partial charge on any atom is 0.414 e. The Morgan fingerprint density at radius 3 is 2.31 bits per heavy atom. The van der Waals surface area contributed by atoms with Crippen molar-refractivity contribution in [3.63, 3.8) is 0 Å². The predicted molar refractivity (Wildman–Crippen MR) is 95.5 cm³/mol. The molecule has 1 heterocycles. The highest BCUT2D eigenvalue weighted by atomic mass is 32.2. The molecule has 0 aromatic heterocycles. The molecule has 10 heteroatoms. The highest BCUT2D eigenvalue weighted by molar-refractivity contribution is 7.95. The molecular weight excluding hydrogens is 380 g/mol. The Bertz CT molecular complexity index is 1060. The molecular formula is C16H16N2O6S2. The lowest BCUT2D eigenvalue weighted by Gasteiger charge is -2.15. The molecule has 1 aliphatic rings. The molecule has 26 heavy (non-hydrogen) atoms. The summed E-state index contributed by atoms with van der Waals surface area (Å²) in [7, 11) is -7.87. The van der Waals surface area contributed by atoms with Gasteiger partial charge in [-0.25, -0.2) is 21.6 Å². The fraction of sp³-hybridized carbons (Fsp3) is 0.188. The van der Waals surface area contributed by atoms with Crippen molar-refractivity contribution < 1.29 is 26.4 Å². The van der Waals surface area contributed by atoms with Crippen LogP contribution in [0.4, 0.5) is 16.2 Å². The molecule has 1 amide bonds. The first kappa shape index (κ1) is 18.2. The summed E-state index contributed by atoms with van der Waals surface area (Å²) in [4.78, 5) is 12.4. The van der Waals surface area contributed by atoms with Crippen LogP contribution in [0, 0.1) is 0 Å². The Morgan fingerprint density at radius 1 is 1.00 bits per heavy atom. The summed E-state index contributed by atoms with van der Waals surface area (Å²) in [5, 5.41) is 0. The Hall–Kier alpha value is -2.59. The summed E-state index contributed by atoms with van der Waals surface area (Å²) in [5.74, 6) is 0. The van der Waals surface area contributed by atoms with Crippen LogP contribution in [0.2, 0.25) is 0 Å². The molecule has 0 aliphatic carbocycles. The number of benzene rings is 2. The van der Waals surface area contributed by atoms with E-state index in [4.69, 9.17) is 4.74 Å². The first-order valence-electron chi connectivity index (χ1n) is 7.55. The zero-order valence-corrected chi connectivity index (χ0v) is 15.4. The Kier molecular flexibility index (Phi) is 4.63. The van der Waals surface area contributed by atoms with Gasteiger partial charge < -0.3 is 4.74 Å². The van der Waals surface area contributed by atoms with Crippen molar-refractivity contribution in [3.8, 4) is 0 Å². The van der Waals surface area contributed by atoms with Gasteiger partial charge in [0.15, 0.2) is 9.84 Å². The van der Waals surface area contributed by atoms with Gasteiger partial charge in [0.25, 0.3) is 10.0 Å². The third-order valence-corrected chi connectivity index (χ3v) is 6.43. The zero-order chi connectivity index (χ0) is 18.9. The van der Waals surface area contributed by atoms with E-state index >= 15 is 0 Å². The van der Waals surface area contributed by atoms with Gasteiger partial charge in [0.05, 0.1) is 17.1 Å². The minimum absolute atomic E-state index is 0.200. The molecule has 0 spiro atoms. The van der Waals surface area contributed by atoms with E-state index in [1.165, 1.54) is 41.3 Å². The van der Waals surface area contributed by atoms with Crippen LogP contribution in [0.15, 0.2) is 58.3 Å². The fourth-order valence-electron chi connectivity index (χ4n) is 2.55. The van der Waals surface area contributed by atoms with Crippen LogP contribution >= 0.6 is 0 Å². The van der Waals surface area contributed by atoms with Crippen LogP contribution in [0.25, 0.3) is 0 Å². The first-order chi connectivity index (χ1) is 12.2. The van der Waals surface area contributed by atoms with Crippen LogP contribution in [0.1, 0.15) is 0 Å². The van der Waals surface area contributed by atoms with Gasteiger partial charge in [0.1, 0.15) is 11.5 Å². The van der Waals surface area contributed by atoms with Crippen molar-refractivity contribution in [1.82, 2.24) is 0 Å². The number of rotatable bonds is 5. The summed E-state index contributed by atoms with van der Waals surface area (Å²) in [6.45, 7) is 0.627. The van der Waals surface area contributed by atoms with E-state index in [1.54, 1.807) is 12.1 Å². The van der Waals surface area contributed by atoms with E-state index in [1.807, 2.05) is 0 Å². The second-order valence-electron chi connectivity index (χ2n) is 5.64. The van der Waals surface area contributed by atoms with Gasteiger partial charge in [0.2, 0.25) is 0 Å². The van der Waals surface area contributed by atoms with E-state index in [2.05, 4.69) is 4.72 Å². The van der Waals surface area contributed by atoms with E-state index < -0.39 is 26.0 Å². The third kappa shape index (κ3) is 3.65. The number of anilines is 2. The standard InChI is InChI=1S/C16H16N2O6S2/c1-25(20,21)14-7-2-3-8-15(14)26(22,23)17-12-5-4-6-13(11-12)18-9-10-24-16(18)19/h2-8,11,17H,9-10H2,1H3. The normalized spacial score (nSPS) is 15.0. The van der Waals surface area contributed by atoms with Crippen LogP contribution in [0.5, 0.6) is 0 Å². The molecule has 3 rings (SSSR count). The smallest absolute Gasteiger partial charge is 0.414 e. The van der Waals surface area contributed by atoms with E-state index in [0.717, 1.165) is 6.26 Å². The van der Waals surface area contributed by atoms with Crippen LogP contribution in [-0.2, 0) is 24.6 Å². The number of amides is 1. The molecule has 8 nitrogen and oxygen atoms in total. The molecule has 138 valence electrons. The molecule has 1 aliphatic heterocycles. The average molecular weight is 396 g/mol. The van der Waals surface area contributed by atoms with Gasteiger partial charge in [0, 0.05) is 11.9 Å². The lowest BCUT2D eigenvalue weighted by Crippen LogP contribution is -2.23. The molecule has 0 unspecified atom stereocenters. The molecule has 1 fully saturated rings. The van der Waals surface area contributed by atoms with Crippen molar-refractivity contribution in [2.45, 2.75) is 9.79 Å². The molecule has 0 atom stereocenters. The topological polar surface area (TPSA) is 110 Å². The van der Waals surface area contributed by atoms with E-state index in [9.17, 15) is 21.6 Å². The fourth-order valence-corrected chi connectivity index (χ4v) is 5.23. The number of sulfonamides is 1. The molecule has 0 bridgehead atoms. The molecule has 1 saturated heterocycles. The number of nitrogens with one attached hydrogen (secondary N) is 1. The molecule has 0 saturated carbocycles. The highest BCUT2D eigenvalue weighted by Crippen LogP contribution is 2.26. The number of cyclic esters (lactones) is 1. The minimum atomic E-state index is -4.14. The number of carbonyl (C=O) groups is 1. The zero-order valence-electron chi connectivity index (χ0n) is 13.7. The summed E-state index contributed by atoms with van der Waals surface area (Å²) in [5.41, 5.74) is 0.676. The van der Waals surface area contributed by atoms with Crippen LogP contribution < -0.4 is 9.62 Å². The number of hydrogen-bond acceptors (Lipinski definition) is 6. The number of sulfone groups is 1. The summed E-state index contributed by atoms with van der Waals surface area (Å²) >= 11 is 0. The third-order valence-electron chi connectivity index (χ3n) is 3.71. The number of nitrogens with zero attached hydrogens (tertiary/aromatic N) is 1. The molecule has 2 aromatic carbocycles. The summed E-state index contributed by atoms with van der Waals surface area (Å²) in [6, 6.07) is 11.6. The second kappa shape index (κ2) is 6.61. The Morgan fingerprint density at radius 2 is 1.69 bits per heavy atom. The number of ether oxygens (including phenoxy) is 1. The first-order valence-corrected chi connectivity index (χ1v) is 10.9. The monoisotopic (exact) mass is 396 g/mol. The maximum atomic E-state index is 12.7. The quantitative estimate of drug-likeness (QED) is 0.826.